The monoisotopic (exact) mass is 325 g/mol. The Balaban J connectivity index is 1.97. The van der Waals surface area contributed by atoms with Gasteiger partial charge in [-0.25, -0.2) is 0 Å². The van der Waals surface area contributed by atoms with Crippen LogP contribution in [0, 0.1) is 13.8 Å². The summed E-state index contributed by atoms with van der Waals surface area (Å²) in [6.07, 6.45) is 0. The van der Waals surface area contributed by atoms with E-state index in [0.29, 0.717) is 0 Å². The van der Waals surface area contributed by atoms with Crippen LogP contribution in [0.3, 0.4) is 0 Å². The molecule has 0 saturated carbocycles. The Morgan fingerprint density at radius 2 is 0.875 bits per heavy atom. The van der Waals surface area contributed by atoms with Crippen LogP contribution < -0.4 is 10.4 Å². The highest BCUT2D eigenvalue weighted by Crippen LogP contribution is 2.20. The van der Waals surface area contributed by atoms with Crippen LogP contribution in [0.25, 0.3) is 21.5 Å². The topological polar surface area (TPSA) is 0 Å². The van der Waals surface area contributed by atoms with Crippen LogP contribution in [-0.4, -0.2) is 8.80 Å². The van der Waals surface area contributed by atoms with E-state index < -0.39 is 8.80 Å². The Hall–Kier alpha value is -2.38. The van der Waals surface area contributed by atoms with Crippen molar-refractivity contribution in [3.63, 3.8) is 0 Å². The average molecular weight is 326 g/mol. The third-order valence-electron chi connectivity index (χ3n) is 5.09. The van der Waals surface area contributed by atoms with Crippen molar-refractivity contribution in [3.05, 3.63) is 83.9 Å². The lowest BCUT2D eigenvalue weighted by Gasteiger charge is -2.17. The van der Waals surface area contributed by atoms with Gasteiger partial charge in [-0.15, -0.1) is 0 Å². The van der Waals surface area contributed by atoms with Gasteiger partial charge in [0.25, 0.3) is 0 Å². The Kier molecular flexibility index (Phi) is 3.74. The van der Waals surface area contributed by atoms with E-state index in [4.69, 9.17) is 0 Å². The van der Waals surface area contributed by atoms with Gasteiger partial charge >= 0.3 is 0 Å². The van der Waals surface area contributed by atoms with E-state index in [1.807, 2.05) is 0 Å². The van der Waals surface area contributed by atoms with Crippen molar-refractivity contribution in [3.8, 4) is 0 Å². The minimum absolute atomic E-state index is 0.828. The van der Waals surface area contributed by atoms with E-state index in [1.54, 1.807) is 0 Å². The lowest BCUT2D eigenvalue weighted by atomic mass is 10.1. The van der Waals surface area contributed by atoms with Crippen LogP contribution in [-0.2, 0) is 0 Å². The first-order valence-corrected chi connectivity index (χ1v) is 10.5. The Labute approximate surface area is 145 Å². The summed E-state index contributed by atoms with van der Waals surface area (Å²) in [6, 6.07) is 26.9. The van der Waals surface area contributed by atoms with Gasteiger partial charge < -0.3 is 0 Å². The normalized spacial score (nSPS) is 11.5. The summed E-state index contributed by atoms with van der Waals surface area (Å²) < 4.78 is 0. The molecule has 0 unspecified atom stereocenters. The molecule has 1 heteroatoms. The summed E-state index contributed by atoms with van der Waals surface area (Å²) in [7, 11) is -0.828. The van der Waals surface area contributed by atoms with Gasteiger partial charge in [-0.3, -0.25) is 0 Å². The zero-order valence-corrected chi connectivity index (χ0v) is 15.4. The molecule has 0 saturated heterocycles. The molecule has 24 heavy (non-hydrogen) atoms. The van der Waals surface area contributed by atoms with E-state index >= 15 is 0 Å². The molecule has 0 N–H and O–H groups in total. The number of fused-ring (bicyclic) bond motifs is 2. The maximum Gasteiger partial charge on any atom is 0.119 e. The van der Waals surface area contributed by atoms with Crippen LogP contribution in [0.2, 0.25) is 6.55 Å². The molecule has 4 aromatic carbocycles. The zero-order valence-electron chi connectivity index (χ0n) is 14.4. The largest absolute Gasteiger partial charge is 0.119 e. The molecule has 4 rings (SSSR count). The van der Waals surface area contributed by atoms with Crippen molar-refractivity contribution in [2.45, 2.75) is 20.4 Å². The smallest absolute Gasteiger partial charge is 0.0628 e. The molecule has 0 spiro atoms. The Morgan fingerprint density at radius 3 is 1.29 bits per heavy atom. The second-order valence-corrected chi connectivity index (χ2v) is 8.90. The fraction of sp³-hybridized carbons (Fsp3) is 0.130. The molecule has 0 bridgehead atoms. The molecule has 0 aliphatic rings. The predicted octanol–water partition coefficient (Wildman–Crippen LogP) is 4.85. The molecule has 0 fully saturated rings. The van der Waals surface area contributed by atoms with Crippen molar-refractivity contribution in [1.29, 1.82) is 0 Å². The van der Waals surface area contributed by atoms with E-state index in [0.717, 1.165) is 0 Å². The van der Waals surface area contributed by atoms with Crippen molar-refractivity contribution in [2.24, 2.45) is 0 Å². The number of hydrogen-bond donors (Lipinski definition) is 0. The number of benzene rings is 4. The van der Waals surface area contributed by atoms with Crippen LogP contribution >= 0.6 is 0 Å². The molecule has 4 aromatic rings. The van der Waals surface area contributed by atoms with Crippen molar-refractivity contribution in [2.75, 3.05) is 0 Å². The third kappa shape index (κ3) is 2.37. The molecule has 0 aliphatic carbocycles. The standard InChI is InChI=1S/C23H21Si/c1-16-12-14-22(20-10-6-4-8-18(16)20)24(3)23-15-13-17(2)19-9-5-7-11-21(19)23/h4-15H,1-3H3. The molecule has 0 aliphatic heterocycles. The van der Waals surface area contributed by atoms with Crippen LogP contribution in [0.5, 0.6) is 0 Å². The van der Waals surface area contributed by atoms with Crippen molar-refractivity contribution < 1.29 is 0 Å². The molecule has 0 atom stereocenters. The lowest BCUT2D eigenvalue weighted by Crippen LogP contribution is -2.40. The van der Waals surface area contributed by atoms with Crippen LogP contribution in [0.4, 0.5) is 0 Å². The van der Waals surface area contributed by atoms with Gasteiger partial charge in [-0.05, 0) is 56.9 Å². The van der Waals surface area contributed by atoms with Gasteiger partial charge in [0, 0.05) is 0 Å². The summed E-state index contributed by atoms with van der Waals surface area (Å²) in [5, 5.41) is 8.62. The van der Waals surface area contributed by atoms with Gasteiger partial charge in [-0.2, -0.15) is 0 Å². The zero-order chi connectivity index (χ0) is 16.7. The fourth-order valence-corrected chi connectivity index (χ4v) is 5.90. The summed E-state index contributed by atoms with van der Waals surface area (Å²) in [4.78, 5) is 0. The van der Waals surface area contributed by atoms with E-state index in [9.17, 15) is 0 Å². The van der Waals surface area contributed by atoms with Gasteiger partial charge in [0.2, 0.25) is 0 Å². The Morgan fingerprint density at radius 1 is 0.500 bits per heavy atom. The van der Waals surface area contributed by atoms with Gasteiger partial charge in [0.15, 0.2) is 0 Å². The van der Waals surface area contributed by atoms with Gasteiger partial charge in [-0.1, -0.05) is 79.3 Å². The maximum atomic E-state index is 2.43. The van der Waals surface area contributed by atoms with Crippen molar-refractivity contribution >= 4 is 40.7 Å². The predicted molar refractivity (Wildman–Crippen MR) is 108 cm³/mol. The molecule has 1 radical (unpaired) electrons. The number of hydrogen-bond acceptors (Lipinski definition) is 0. The third-order valence-corrected chi connectivity index (χ3v) is 7.58. The summed E-state index contributed by atoms with van der Waals surface area (Å²) in [6.45, 7) is 6.84. The summed E-state index contributed by atoms with van der Waals surface area (Å²) in [5.74, 6) is 0. The van der Waals surface area contributed by atoms with E-state index in [-0.39, 0.29) is 0 Å². The maximum absolute atomic E-state index is 2.43. The van der Waals surface area contributed by atoms with E-state index in [1.165, 1.54) is 43.0 Å². The average Bonchev–Trinajstić information content (AvgIpc) is 2.62. The highest BCUT2D eigenvalue weighted by Gasteiger charge is 2.17. The first-order chi connectivity index (χ1) is 11.7. The van der Waals surface area contributed by atoms with E-state index in [2.05, 4.69) is 93.2 Å². The fourth-order valence-electron chi connectivity index (χ4n) is 3.70. The lowest BCUT2D eigenvalue weighted by molar-refractivity contribution is 1.53. The second kappa shape index (κ2) is 5.92. The molecule has 0 amide bonds. The van der Waals surface area contributed by atoms with Gasteiger partial charge in [0.05, 0.1) is 0 Å². The minimum Gasteiger partial charge on any atom is -0.0628 e. The number of aryl methyl sites for hydroxylation is 2. The quantitative estimate of drug-likeness (QED) is 0.462. The summed E-state index contributed by atoms with van der Waals surface area (Å²) >= 11 is 0. The second-order valence-electron chi connectivity index (χ2n) is 6.58. The SMILES string of the molecule is Cc1ccc([Si](C)c2ccc(C)c3ccccc23)c2ccccc12. The van der Waals surface area contributed by atoms with Crippen LogP contribution in [0.1, 0.15) is 11.1 Å². The molecular formula is C23H21Si. The summed E-state index contributed by atoms with van der Waals surface area (Å²) in [5.41, 5.74) is 2.72. The first kappa shape index (κ1) is 15.2. The van der Waals surface area contributed by atoms with Gasteiger partial charge in [0.1, 0.15) is 8.80 Å². The van der Waals surface area contributed by atoms with Crippen LogP contribution in [0.15, 0.2) is 72.8 Å². The highest BCUT2D eigenvalue weighted by atomic mass is 28.3. The molecule has 0 aromatic heterocycles. The van der Waals surface area contributed by atoms with Crippen molar-refractivity contribution in [1.82, 2.24) is 0 Å². The molecule has 0 heterocycles. The Bertz CT molecular complexity index is 961. The first-order valence-electron chi connectivity index (χ1n) is 8.48. The molecule has 117 valence electrons. The molecule has 0 nitrogen and oxygen atoms in total. The minimum atomic E-state index is -0.828. The highest BCUT2D eigenvalue weighted by molar-refractivity contribution is 6.87. The number of rotatable bonds is 2. The molecular weight excluding hydrogens is 304 g/mol.